The van der Waals surface area contributed by atoms with Gasteiger partial charge in [0, 0.05) is 11.1 Å². The lowest BCUT2D eigenvalue weighted by molar-refractivity contribution is -0.0328. The van der Waals surface area contributed by atoms with Gasteiger partial charge in [-0.05, 0) is 23.9 Å². The van der Waals surface area contributed by atoms with Gasteiger partial charge in [-0.15, -0.1) is 0 Å². The quantitative estimate of drug-likeness (QED) is 0.776. The summed E-state index contributed by atoms with van der Waals surface area (Å²) in [5, 5.41) is 0. The van der Waals surface area contributed by atoms with Crippen molar-refractivity contribution < 1.29 is 18.0 Å². The van der Waals surface area contributed by atoms with Crippen LogP contribution in [-0.2, 0) is 0 Å². The number of hydrogen-bond donors (Lipinski definition) is 1. The molecule has 3 nitrogen and oxygen atoms in total. The van der Waals surface area contributed by atoms with Crippen molar-refractivity contribution in [1.82, 2.24) is 4.98 Å². The van der Waals surface area contributed by atoms with Crippen LogP contribution in [0.2, 0.25) is 0 Å². The number of primary amides is 1. The summed E-state index contributed by atoms with van der Waals surface area (Å²) in [6.45, 7) is 0. The standard InChI is InChI=1S/C7H5F3N2OS/c8-7(9,10)14-4-2-1-3-12-5(4)6(11)13/h1-3H,(H2,11,13). The summed E-state index contributed by atoms with van der Waals surface area (Å²) < 4.78 is 35.9. The van der Waals surface area contributed by atoms with Crippen molar-refractivity contribution in [2.24, 2.45) is 5.73 Å². The van der Waals surface area contributed by atoms with E-state index in [1.165, 1.54) is 12.3 Å². The molecule has 1 heterocycles. The summed E-state index contributed by atoms with van der Waals surface area (Å²) in [5.41, 5.74) is 0.0342. The Morgan fingerprint density at radius 3 is 2.64 bits per heavy atom. The fourth-order valence-electron chi connectivity index (χ4n) is 0.783. The van der Waals surface area contributed by atoms with Crippen LogP contribution in [0.15, 0.2) is 23.2 Å². The molecule has 0 unspecified atom stereocenters. The fourth-order valence-corrected chi connectivity index (χ4v) is 1.43. The number of halogens is 3. The molecule has 2 N–H and O–H groups in total. The minimum Gasteiger partial charge on any atom is -0.364 e. The first-order valence-electron chi connectivity index (χ1n) is 3.41. The zero-order chi connectivity index (χ0) is 10.8. The summed E-state index contributed by atoms with van der Waals surface area (Å²) >= 11 is -0.408. The summed E-state index contributed by atoms with van der Waals surface area (Å²) in [5.74, 6) is -0.975. The van der Waals surface area contributed by atoms with Crippen molar-refractivity contribution in [3.8, 4) is 0 Å². The van der Waals surface area contributed by atoms with E-state index in [0.29, 0.717) is 0 Å². The third-order valence-corrected chi connectivity index (χ3v) is 2.01. The molecule has 76 valence electrons. The summed E-state index contributed by atoms with van der Waals surface area (Å²) in [6.07, 6.45) is 1.21. The van der Waals surface area contributed by atoms with E-state index in [1.54, 1.807) is 0 Å². The van der Waals surface area contributed by atoms with Gasteiger partial charge in [0.15, 0.2) is 0 Å². The highest BCUT2D eigenvalue weighted by molar-refractivity contribution is 8.00. The number of nitrogens with two attached hydrogens (primary N) is 1. The first-order chi connectivity index (χ1) is 6.40. The van der Waals surface area contributed by atoms with Crippen molar-refractivity contribution in [3.63, 3.8) is 0 Å². The molecule has 0 fully saturated rings. The molecule has 0 aromatic carbocycles. The molecule has 0 aliphatic heterocycles. The molecule has 0 aliphatic carbocycles. The van der Waals surface area contributed by atoms with Gasteiger partial charge in [-0.3, -0.25) is 4.79 Å². The Morgan fingerprint density at radius 1 is 1.50 bits per heavy atom. The van der Waals surface area contributed by atoms with E-state index >= 15 is 0 Å². The summed E-state index contributed by atoms with van der Waals surface area (Å²) in [4.78, 5) is 13.9. The molecular weight excluding hydrogens is 217 g/mol. The number of hydrogen-bond acceptors (Lipinski definition) is 3. The largest absolute Gasteiger partial charge is 0.446 e. The van der Waals surface area contributed by atoms with Crippen molar-refractivity contribution in [2.45, 2.75) is 10.4 Å². The molecule has 0 saturated heterocycles. The Morgan fingerprint density at radius 2 is 2.14 bits per heavy atom. The summed E-state index contributed by atoms with van der Waals surface area (Å²) in [7, 11) is 0. The molecule has 1 rings (SSSR count). The van der Waals surface area contributed by atoms with Crippen molar-refractivity contribution >= 4 is 17.7 Å². The van der Waals surface area contributed by atoms with Gasteiger partial charge in [-0.1, -0.05) is 0 Å². The van der Waals surface area contributed by atoms with Gasteiger partial charge >= 0.3 is 5.51 Å². The van der Waals surface area contributed by atoms with Crippen molar-refractivity contribution in [3.05, 3.63) is 24.0 Å². The van der Waals surface area contributed by atoms with E-state index in [4.69, 9.17) is 5.73 Å². The van der Waals surface area contributed by atoms with Crippen LogP contribution in [0.1, 0.15) is 10.5 Å². The van der Waals surface area contributed by atoms with Gasteiger partial charge in [-0.2, -0.15) is 13.2 Å². The SMILES string of the molecule is NC(=O)c1ncccc1SC(F)(F)F. The van der Waals surface area contributed by atoms with Crippen LogP contribution in [-0.4, -0.2) is 16.4 Å². The average Bonchev–Trinajstić information content (AvgIpc) is 2.01. The number of pyridine rings is 1. The van der Waals surface area contributed by atoms with E-state index in [-0.39, 0.29) is 10.6 Å². The van der Waals surface area contributed by atoms with Crippen LogP contribution in [0.25, 0.3) is 0 Å². The van der Waals surface area contributed by atoms with Crippen LogP contribution in [0.5, 0.6) is 0 Å². The van der Waals surface area contributed by atoms with Gasteiger partial charge in [0.25, 0.3) is 5.91 Å². The highest BCUT2D eigenvalue weighted by atomic mass is 32.2. The Labute approximate surface area is 81.5 Å². The number of carbonyl (C=O) groups is 1. The van der Waals surface area contributed by atoms with Gasteiger partial charge in [-0.25, -0.2) is 4.98 Å². The Balaban J connectivity index is 3.02. The third kappa shape index (κ3) is 2.91. The number of carbonyl (C=O) groups excluding carboxylic acids is 1. The molecule has 1 aromatic rings. The maximum atomic E-state index is 12.0. The number of nitrogens with zero attached hydrogens (tertiary/aromatic N) is 1. The second-order valence-corrected chi connectivity index (χ2v) is 3.37. The zero-order valence-electron chi connectivity index (χ0n) is 6.71. The fraction of sp³-hybridized carbons (Fsp3) is 0.143. The number of amides is 1. The monoisotopic (exact) mass is 222 g/mol. The van der Waals surface area contributed by atoms with E-state index in [1.807, 2.05) is 0 Å². The summed E-state index contributed by atoms with van der Waals surface area (Å²) in [6, 6.07) is 2.45. The lowest BCUT2D eigenvalue weighted by Crippen LogP contribution is -2.15. The average molecular weight is 222 g/mol. The molecule has 0 atom stereocenters. The van der Waals surface area contributed by atoms with Gasteiger partial charge in [0.1, 0.15) is 5.69 Å². The second-order valence-electron chi connectivity index (χ2n) is 2.26. The van der Waals surface area contributed by atoms with Crippen LogP contribution < -0.4 is 5.73 Å². The lowest BCUT2D eigenvalue weighted by atomic mass is 10.3. The third-order valence-electron chi connectivity index (χ3n) is 1.23. The molecule has 1 aromatic heterocycles. The number of aromatic nitrogens is 1. The van der Waals surface area contributed by atoms with E-state index in [2.05, 4.69) is 4.98 Å². The molecule has 0 saturated carbocycles. The maximum Gasteiger partial charge on any atom is 0.446 e. The predicted molar refractivity (Wildman–Crippen MR) is 44.7 cm³/mol. The molecular formula is C7H5F3N2OS. The van der Waals surface area contributed by atoms with Crippen LogP contribution in [0.3, 0.4) is 0 Å². The molecule has 7 heteroatoms. The molecule has 0 spiro atoms. The highest BCUT2D eigenvalue weighted by Crippen LogP contribution is 2.37. The Kier molecular flexibility index (Phi) is 3.00. The highest BCUT2D eigenvalue weighted by Gasteiger charge is 2.31. The van der Waals surface area contributed by atoms with Crippen molar-refractivity contribution in [2.75, 3.05) is 0 Å². The second kappa shape index (κ2) is 3.87. The minimum absolute atomic E-state index is 0.285. The smallest absolute Gasteiger partial charge is 0.364 e. The van der Waals surface area contributed by atoms with Crippen LogP contribution in [0, 0.1) is 0 Å². The molecule has 0 aliphatic rings. The maximum absolute atomic E-state index is 12.0. The van der Waals surface area contributed by atoms with Gasteiger partial charge < -0.3 is 5.73 Å². The Hall–Kier alpha value is -1.24. The number of alkyl halides is 3. The molecule has 1 amide bonds. The van der Waals surface area contributed by atoms with E-state index < -0.39 is 23.2 Å². The van der Waals surface area contributed by atoms with Gasteiger partial charge in [0.05, 0.1) is 0 Å². The molecule has 0 bridgehead atoms. The number of rotatable bonds is 2. The molecule has 0 radical (unpaired) electrons. The van der Waals surface area contributed by atoms with Gasteiger partial charge in [0.2, 0.25) is 0 Å². The van der Waals surface area contributed by atoms with Crippen molar-refractivity contribution in [1.29, 1.82) is 0 Å². The lowest BCUT2D eigenvalue weighted by Gasteiger charge is -2.07. The van der Waals surface area contributed by atoms with E-state index in [9.17, 15) is 18.0 Å². The Bertz CT molecular complexity index is 353. The first kappa shape index (κ1) is 10.8. The normalized spacial score (nSPS) is 11.4. The molecule has 14 heavy (non-hydrogen) atoms. The minimum atomic E-state index is -4.45. The topological polar surface area (TPSA) is 56.0 Å². The van der Waals surface area contributed by atoms with E-state index in [0.717, 1.165) is 6.07 Å². The zero-order valence-corrected chi connectivity index (χ0v) is 7.52. The number of thioether (sulfide) groups is 1. The van der Waals surface area contributed by atoms with Crippen LogP contribution in [0.4, 0.5) is 13.2 Å². The van der Waals surface area contributed by atoms with Crippen LogP contribution >= 0.6 is 11.8 Å². The first-order valence-corrected chi connectivity index (χ1v) is 4.22. The predicted octanol–water partition coefficient (Wildman–Crippen LogP) is 1.79.